The van der Waals surface area contributed by atoms with Crippen LogP contribution in [-0.4, -0.2) is 23.1 Å². The molecule has 0 radical (unpaired) electrons. The second-order valence-corrected chi connectivity index (χ2v) is 7.11. The van der Waals surface area contributed by atoms with Crippen LogP contribution in [0.2, 0.25) is 0 Å². The number of nitrogens with zero attached hydrogens (tertiary/aromatic N) is 2. The summed E-state index contributed by atoms with van der Waals surface area (Å²) in [6.45, 7) is 5.27. The number of aromatic nitrogens is 1. The van der Waals surface area contributed by atoms with Crippen molar-refractivity contribution in [3.8, 4) is 5.75 Å². The first-order valence-corrected chi connectivity index (χ1v) is 9.33. The van der Waals surface area contributed by atoms with Crippen LogP contribution in [0, 0.1) is 6.92 Å². The van der Waals surface area contributed by atoms with Gasteiger partial charge in [0.1, 0.15) is 5.75 Å². The minimum absolute atomic E-state index is 0.264. The molecule has 0 saturated heterocycles. The summed E-state index contributed by atoms with van der Waals surface area (Å²) in [7, 11) is 1.72. The van der Waals surface area contributed by atoms with Gasteiger partial charge < -0.3 is 9.30 Å². The number of ether oxygens (including phenoxy) is 1. The zero-order valence-corrected chi connectivity index (χ0v) is 15.6. The molecule has 134 valence electrons. The number of benzene rings is 2. The molecular formula is C23H26N2O. The van der Waals surface area contributed by atoms with Crippen molar-refractivity contribution in [2.24, 2.45) is 0 Å². The fraction of sp³-hybridized carbons (Fsp3) is 0.304. The topological polar surface area (TPSA) is 17.4 Å². The second-order valence-electron chi connectivity index (χ2n) is 7.11. The maximum Gasteiger partial charge on any atom is 0.118 e. The molecule has 0 N–H and O–H groups in total. The molecule has 0 amide bonds. The zero-order valence-electron chi connectivity index (χ0n) is 15.6. The van der Waals surface area contributed by atoms with E-state index in [0.29, 0.717) is 0 Å². The highest BCUT2D eigenvalue weighted by atomic mass is 16.5. The molecule has 0 bridgehead atoms. The first kappa shape index (κ1) is 16.9. The van der Waals surface area contributed by atoms with Crippen molar-refractivity contribution in [3.05, 3.63) is 89.2 Å². The third-order valence-corrected chi connectivity index (χ3v) is 5.29. The van der Waals surface area contributed by atoms with E-state index >= 15 is 0 Å². The molecule has 4 rings (SSSR count). The number of hydrogen-bond acceptors (Lipinski definition) is 2. The predicted molar refractivity (Wildman–Crippen MR) is 105 cm³/mol. The molecule has 2 aromatic carbocycles. The monoisotopic (exact) mass is 346 g/mol. The normalized spacial score (nSPS) is 17.5. The summed E-state index contributed by atoms with van der Waals surface area (Å²) in [5, 5.41) is 0. The van der Waals surface area contributed by atoms with E-state index in [2.05, 4.69) is 83.3 Å². The maximum absolute atomic E-state index is 5.35. The molecular weight excluding hydrogens is 320 g/mol. The molecule has 3 nitrogen and oxygen atoms in total. The molecule has 0 unspecified atom stereocenters. The molecule has 0 spiro atoms. The van der Waals surface area contributed by atoms with E-state index in [0.717, 1.165) is 25.4 Å². The van der Waals surface area contributed by atoms with Crippen LogP contribution < -0.4 is 4.74 Å². The standard InChI is InChI=1S/C23H26N2O/c1-18-6-8-19(9-7-18)17-25-16-4-15-24-14-3-5-22(24)23(25)20-10-12-21(26-2)13-11-20/h3,5-14,23H,4,15-17H2,1-2H3/t23-/m1/s1. The van der Waals surface area contributed by atoms with Crippen molar-refractivity contribution in [2.45, 2.75) is 32.5 Å². The van der Waals surface area contributed by atoms with Gasteiger partial charge in [-0.1, -0.05) is 42.0 Å². The lowest BCUT2D eigenvalue weighted by Gasteiger charge is -2.31. The minimum atomic E-state index is 0.264. The third kappa shape index (κ3) is 3.40. The van der Waals surface area contributed by atoms with E-state index in [1.807, 2.05) is 0 Å². The number of rotatable bonds is 4. The number of hydrogen-bond donors (Lipinski definition) is 0. The summed E-state index contributed by atoms with van der Waals surface area (Å²) >= 11 is 0. The van der Waals surface area contributed by atoms with Crippen molar-refractivity contribution in [1.29, 1.82) is 0 Å². The Morgan fingerprint density at radius 3 is 2.46 bits per heavy atom. The minimum Gasteiger partial charge on any atom is -0.497 e. The summed E-state index contributed by atoms with van der Waals surface area (Å²) < 4.78 is 7.76. The van der Waals surface area contributed by atoms with Crippen LogP contribution in [0.25, 0.3) is 0 Å². The van der Waals surface area contributed by atoms with E-state index in [4.69, 9.17) is 4.74 Å². The largest absolute Gasteiger partial charge is 0.497 e. The first-order chi connectivity index (χ1) is 12.7. The summed E-state index contributed by atoms with van der Waals surface area (Å²) in [5.41, 5.74) is 5.37. The van der Waals surface area contributed by atoms with Crippen LogP contribution in [0.4, 0.5) is 0 Å². The van der Waals surface area contributed by atoms with Gasteiger partial charge >= 0.3 is 0 Å². The third-order valence-electron chi connectivity index (χ3n) is 5.29. The van der Waals surface area contributed by atoms with Crippen molar-refractivity contribution in [3.63, 3.8) is 0 Å². The molecule has 1 aliphatic heterocycles. The Labute approximate surface area is 155 Å². The molecule has 0 fully saturated rings. The van der Waals surface area contributed by atoms with Gasteiger partial charge in [-0.3, -0.25) is 4.90 Å². The Morgan fingerprint density at radius 1 is 0.962 bits per heavy atom. The van der Waals surface area contributed by atoms with E-state index in [9.17, 15) is 0 Å². The van der Waals surface area contributed by atoms with Crippen molar-refractivity contribution < 1.29 is 4.74 Å². The highest BCUT2D eigenvalue weighted by Gasteiger charge is 2.27. The lowest BCUT2D eigenvalue weighted by Crippen LogP contribution is -2.29. The van der Waals surface area contributed by atoms with Gasteiger partial charge in [0.15, 0.2) is 0 Å². The Balaban J connectivity index is 1.71. The summed E-state index contributed by atoms with van der Waals surface area (Å²) in [6, 6.07) is 22.2. The number of fused-ring (bicyclic) bond motifs is 1. The molecule has 0 aliphatic carbocycles. The van der Waals surface area contributed by atoms with E-state index in [1.165, 1.54) is 28.8 Å². The highest BCUT2D eigenvalue weighted by Crippen LogP contribution is 2.33. The number of methoxy groups -OCH3 is 1. The van der Waals surface area contributed by atoms with Crippen molar-refractivity contribution in [2.75, 3.05) is 13.7 Å². The molecule has 2 heterocycles. The molecule has 1 aliphatic rings. The smallest absolute Gasteiger partial charge is 0.118 e. The SMILES string of the molecule is COc1ccc([C@@H]2c3cccn3CCCN2Cc2ccc(C)cc2)cc1. The summed E-state index contributed by atoms with van der Waals surface area (Å²) in [4.78, 5) is 2.60. The van der Waals surface area contributed by atoms with Gasteiger partial charge in [-0.05, 0) is 48.7 Å². The molecule has 0 saturated carbocycles. The molecule has 1 atom stereocenters. The maximum atomic E-state index is 5.35. The molecule has 3 heteroatoms. The van der Waals surface area contributed by atoms with Crippen LogP contribution >= 0.6 is 0 Å². The van der Waals surface area contributed by atoms with Gasteiger partial charge in [-0.2, -0.15) is 0 Å². The fourth-order valence-electron chi connectivity index (χ4n) is 3.91. The van der Waals surface area contributed by atoms with Gasteiger partial charge in [0.2, 0.25) is 0 Å². The highest BCUT2D eigenvalue weighted by molar-refractivity contribution is 5.35. The van der Waals surface area contributed by atoms with Gasteiger partial charge in [0.05, 0.1) is 13.2 Å². The van der Waals surface area contributed by atoms with E-state index in [1.54, 1.807) is 7.11 Å². The quantitative estimate of drug-likeness (QED) is 0.675. The molecule has 26 heavy (non-hydrogen) atoms. The fourth-order valence-corrected chi connectivity index (χ4v) is 3.91. The van der Waals surface area contributed by atoms with E-state index in [-0.39, 0.29) is 6.04 Å². The van der Waals surface area contributed by atoms with Crippen molar-refractivity contribution >= 4 is 0 Å². The Bertz CT molecular complexity index is 849. The average Bonchev–Trinajstić information content (AvgIpc) is 3.05. The number of aryl methyl sites for hydroxylation is 2. The van der Waals surface area contributed by atoms with Gasteiger partial charge in [0.25, 0.3) is 0 Å². The van der Waals surface area contributed by atoms with Gasteiger partial charge in [-0.25, -0.2) is 0 Å². The Morgan fingerprint density at radius 2 is 1.73 bits per heavy atom. The average molecular weight is 346 g/mol. The summed E-state index contributed by atoms with van der Waals surface area (Å²) in [5.74, 6) is 0.905. The van der Waals surface area contributed by atoms with Gasteiger partial charge in [0, 0.05) is 31.5 Å². The van der Waals surface area contributed by atoms with E-state index < -0.39 is 0 Å². The Kier molecular flexibility index (Phi) is 4.81. The van der Waals surface area contributed by atoms with Crippen molar-refractivity contribution in [1.82, 2.24) is 9.47 Å². The molecule has 1 aromatic heterocycles. The van der Waals surface area contributed by atoms with Crippen LogP contribution in [0.15, 0.2) is 66.9 Å². The van der Waals surface area contributed by atoms with Crippen LogP contribution in [0.1, 0.15) is 34.8 Å². The Hall–Kier alpha value is -2.52. The predicted octanol–water partition coefficient (Wildman–Crippen LogP) is 4.80. The van der Waals surface area contributed by atoms with Crippen LogP contribution in [-0.2, 0) is 13.1 Å². The zero-order chi connectivity index (χ0) is 17.9. The van der Waals surface area contributed by atoms with Crippen LogP contribution in [0.3, 0.4) is 0 Å². The van der Waals surface area contributed by atoms with Crippen LogP contribution in [0.5, 0.6) is 5.75 Å². The van der Waals surface area contributed by atoms with Gasteiger partial charge in [-0.15, -0.1) is 0 Å². The lowest BCUT2D eigenvalue weighted by atomic mass is 10.0. The lowest BCUT2D eigenvalue weighted by molar-refractivity contribution is 0.220. The first-order valence-electron chi connectivity index (χ1n) is 9.33. The molecule has 3 aromatic rings. The summed E-state index contributed by atoms with van der Waals surface area (Å²) in [6.07, 6.45) is 3.38. The second kappa shape index (κ2) is 7.38.